The van der Waals surface area contributed by atoms with Crippen LogP contribution in [0.3, 0.4) is 0 Å². The first-order valence-corrected chi connectivity index (χ1v) is 7.36. The summed E-state index contributed by atoms with van der Waals surface area (Å²) >= 11 is 0. The van der Waals surface area contributed by atoms with Crippen LogP contribution in [0.4, 0.5) is 0 Å². The molecule has 1 fully saturated rings. The Labute approximate surface area is 120 Å². The molecule has 0 heterocycles. The van der Waals surface area contributed by atoms with Crippen molar-refractivity contribution in [2.24, 2.45) is 5.92 Å². The highest BCUT2D eigenvalue weighted by atomic mass is 16.1. The molecule has 0 saturated heterocycles. The first-order chi connectivity index (χ1) is 9.66. The zero-order valence-corrected chi connectivity index (χ0v) is 12.0. The second-order valence-electron chi connectivity index (χ2n) is 6.00. The Morgan fingerprint density at radius 3 is 2.25 bits per heavy atom. The van der Waals surface area contributed by atoms with Crippen LogP contribution in [0.15, 0.2) is 54.6 Å². The molecule has 1 aliphatic rings. The fourth-order valence-corrected chi connectivity index (χ4v) is 2.80. The lowest BCUT2D eigenvalue weighted by atomic mass is 9.98. The van der Waals surface area contributed by atoms with Crippen LogP contribution in [-0.2, 0) is 0 Å². The van der Waals surface area contributed by atoms with Gasteiger partial charge in [-0.2, -0.15) is 0 Å². The first-order valence-electron chi connectivity index (χ1n) is 7.36. The molecule has 2 aromatic carbocycles. The van der Waals surface area contributed by atoms with Crippen LogP contribution < -0.4 is 0 Å². The normalized spacial score (nSPS) is 20.9. The van der Waals surface area contributed by atoms with Gasteiger partial charge in [-0.25, -0.2) is 0 Å². The monoisotopic (exact) mass is 264 g/mol. The quantitative estimate of drug-likeness (QED) is 0.725. The minimum absolute atomic E-state index is 0.183. The van der Waals surface area contributed by atoms with E-state index in [4.69, 9.17) is 0 Å². The molecule has 1 aliphatic carbocycles. The molecular weight excluding hydrogens is 244 g/mol. The number of ketones is 1. The third-order valence-corrected chi connectivity index (χ3v) is 4.22. The molecule has 1 nitrogen and oxygen atoms in total. The maximum Gasteiger partial charge on any atom is 0.166 e. The first kappa shape index (κ1) is 13.1. The molecule has 3 rings (SSSR count). The van der Waals surface area contributed by atoms with Gasteiger partial charge < -0.3 is 0 Å². The van der Waals surface area contributed by atoms with Gasteiger partial charge in [0.1, 0.15) is 0 Å². The molecule has 2 unspecified atom stereocenters. The summed E-state index contributed by atoms with van der Waals surface area (Å²) in [5, 5.41) is 0. The van der Waals surface area contributed by atoms with E-state index in [1.54, 1.807) is 0 Å². The van der Waals surface area contributed by atoms with E-state index < -0.39 is 0 Å². The van der Waals surface area contributed by atoms with Crippen molar-refractivity contribution in [1.29, 1.82) is 0 Å². The van der Waals surface area contributed by atoms with Gasteiger partial charge in [-0.3, -0.25) is 4.79 Å². The standard InChI is InChI=1S/C19H20O/c1-13(2)14-8-10-16(11-9-14)19(20)18-12-17(18)15-6-4-3-5-7-15/h3-11,13,17-18H,12H2,1-2H3. The topological polar surface area (TPSA) is 17.1 Å². The molecular formula is C19H20O. The Balaban J connectivity index is 1.72. The molecule has 2 aromatic rings. The van der Waals surface area contributed by atoms with Crippen LogP contribution >= 0.6 is 0 Å². The second kappa shape index (κ2) is 5.24. The Kier molecular flexibility index (Phi) is 3.43. The molecule has 102 valence electrons. The second-order valence-corrected chi connectivity index (χ2v) is 6.00. The smallest absolute Gasteiger partial charge is 0.166 e. The average molecular weight is 264 g/mol. The molecule has 0 aromatic heterocycles. The summed E-state index contributed by atoms with van der Waals surface area (Å²) < 4.78 is 0. The number of hydrogen-bond donors (Lipinski definition) is 0. The average Bonchev–Trinajstić information content (AvgIpc) is 3.28. The molecule has 2 atom stereocenters. The largest absolute Gasteiger partial charge is 0.294 e. The summed E-state index contributed by atoms with van der Waals surface area (Å²) in [6.45, 7) is 4.34. The molecule has 0 bridgehead atoms. The maximum absolute atomic E-state index is 12.5. The summed E-state index contributed by atoms with van der Waals surface area (Å²) in [4.78, 5) is 12.5. The van der Waals surface area contributed by atoms with E-state index in [0.29, 0.717) is 17.6 Å². The molecule has 1 saturated carbocycles. The Hall–Kier alpha value is -1.89. The van der Waals surface area contributed by atoms with Crippen molar-refractivity contribution in [2.45, 2.75) is 32.1 Å². The SMILES string of the molecule is CC(C)c1ccc(C(=O)C2CC2c2ccccc2)cc1. The van der Waals surface area contributed by atoms with Gasteiger partial charge in [0, 0.05) is 11.5 Å². The lowest BCUT2D eigenvalue weighted by Gasteiger charge is -2.06. The predicted molar refractivity (Wildman–Crippen MR) is 82.2 cm³/mol. The molecule has 1 heteroatoms. The van der Waals surface area contributed by atoms with Gasteiger partial charge in [-0.15, -0.1) is 0 Å². The van der Waals surface area contributed by atoms with Crippen molar-refractivity contribution in [2.75, 3.05) is 0 Å². The molecule has 0 amide bonds. The third-order valence-electron chi connectivity index (χ3n) is 4.22. The lowest BCUT2D eigenvalue weighted by Crippen LogP contribution is -2.03. The van der Waals surface area contributed by atoms with Gasteiger partial charge >= 0.3 is 0 Å². The van der Waals surface area contributed by atoms with Crippen LogP contribution in [0.1, 0.15) is 53.6 Å². The highest BCUT2D eigenvalue weighted by molar-refractivity contribution is 6.00. The summed E-state index contributed by atoms with van der Waals surface area (Å²) in [6.07, 6.45) is 0.995. The summed E-state index contributed by atoms with van der Waals surface area (Å²) in [5.41, 5.74) is 3.44. The highest BCUT2D eigenvalue weighted by Gasteiger charge is 2.43. The van der Waals surface area contributed by atoms with Crippen LogP contribution in [0.25, 0.3) is 0 Å². The van der Waals surface area contributed by atoms with E-state index in [-0.39, 0.29) is 5.92 Å². The minimum Gasteiger partial charge on any atom is -0.294 e. The summed E-state index contributed by atoms with van der Waals surface area (Å²) in [5.74, 6) is 1.42. The van der Waals surface area contributed by atoms with E-state index in [1.165, 1.54) is 11.1 Å². The van der Waals surface area contributed by atoms with Crippen molar-refractivity contribution in [1.82, 2.24) is 0 Å². The van der Waals surface area contributed by atoms with Crippen LogP contribution in [0, 0.1) is 5.92 Å². The maximum atomic E-state index is 12.5. The van der Waals surface area contributed by atoms with Crippen LogP contribution in [-0.4, -0.2) is 5.78 Å². The third kappa shape index (κ3) is 2.53. The summed E-state index contributed by atoms with van der Waals surface area (Å²) in [6, 6.07) is 18.5. The van der Waals surface area contributed by atoms with Crippen LogP contribution in [0.2, 0.25) is 0 Å². The van der Waals surface area contributed by atoms with Crippen molar-refractivity contribution >= 4 is 5.78 Å². The van der Waals surface area contributed by atoms with Gasteiger partial charge in [-0.05, 0) is 29.4 Å². The lowest BCUT2D eigenvalue weighted by molar-refractivity contribution is 0.0965. The number of hydrogen-bond acceptors (Lipinski definition) is 1. The Morgan fingerprint density at radius 2 is 1.65 bits per heavy atom. The van der Waals surface area contributed by atoms with Gasteiger partial charge in [0.05, 0.1) is 0 Å². The van der Waals surface area contributed by atoms with E-state index in [1.807, 2.05) is 30.3 Å². The van der Waals surface area contributed by atoms with Crippen molar-refractivity contribution in [3.63, 3.8) is 0 Å². The molecule has 0 spiro atoms. The van der Waals surface area contributed by atoms with Crippen molar-refractivity contribution in [3.05, 3.63) is 71.3 Å². The Bertz CT molecular complexity index is 595. The van der Waals surface area contributed by atoms with Crippen molar-refractivity contribution < 1.29 is 4.79 Å². The zero-order chi connectivity index (χ0) is 14.1. The number of carbonyl (C=O) groups excluding carboxylic acids is 1. The number of rotatable bonds is 4. The van der Waals surface area contributed by atoms with Crippen molar-refractivity contribution in [3.8, 4) is 0 Å². The molecule has 0 N–H and O–H groups in total. The molecule has 0 aliphatic heterocycles. The van der Waals surface area contributed by atoms with Gasteiger partial charge in [0.25, 0.3) is 0 Å². The van der Waals surface area contributed by atoms with E-state index in [2.05, 4.69) is 38.1 Å². The fourth-order valence-electron chi connectivity index (χ4n) is 2.80. The summed E-state index contributed by atoms with van der Waals surface area (Å²) in [7, 11) is 0. The van der Waals surface area contributed by atoms with Crippen LogP contribution in [0.5, 0.6) is 0 Å². The van der Waals surface area contributed by atoms with E-state index >= 15 is 0 Å². The predicted octanol–water partition coefficient (Wildman–Crippen LogP) is 4.80. The highest BCUT2D eigenvalue weighted by Crippen LogP contribution is 2.49. The Morgan fingerprint density at radius 1 is 1.00 bits per heavy atom. The zero-order valence-electron chi connectivity index (χ0n) is 12.0. The number of Topliss-reactive ketones (excluding diaryl/α,β-unsaturated/α-hetero) is 1. The number of benzene rings is 2. The van der Waals surface area contributed by atoms with Gasteiger partial charge in [0.15, 0.2) is 5.78 Å². The minimum atomic E-state index is 0.183. The van der Waals surface area contributed by atoms with Gasteiger partial charge in [-0.1, -0.05) is 68.4 Å². The fraction of sp³-hybridized carbons (Fsp3) is 0.316. The van der Waals surface area contributed by atoms with E-state index in [0.717, 1.165) is 12.0 Å². The van der Waals surface area contributed by atoms with Gasteiger partial charge in [0.2, 0.25) is 0 Å². The molecule has 0 radical (unpaired) electrons. The number of carbonyl (C=O) groups is 1. The molecule has 20 heavy (non-hydrogen) atoms. The van der Waals surface area contributed by atoms with E-state index in [9.17, 15) is 4.79 Å².